The lowest BCUT2D eigenvalue weighted by Crippen LogP contribution is -2.24. The molecule has 22 heavy (non-hydrogen) atoms. The minimum absolute atomic E-state index is 0.0757. The van der Waals surface area contributed by atoms with Crippen LogP contribution < -0.4 is 5.32 Å². The zero-order valence-electron chi connectivity index (χ0n) is 13.8. The summed E-state index contributed by atoms with van der Waals surface area (Å²) < 4.78 is 1.97. The maximum absolute atomic E-state index is 12.1. The van der Waals surface area contributed by atoms with Crippen LogP contribution in [-0.2, 0) is 4.79 Å². The van der Waals surface area contributed by atoms with Gasteiger partial charge >= 0.3 is 0 Å². The number of rotatable bonds is 10. The Morgan fingerprint density at radius 1 is 1.18 bits per heavy atom. The van der Waals surface area contributed by atoms with Crippen LogP contribution in [0.3, 0.4) is 0 Å². The summed E-state index contributed by atoms with van der Waals surface area (Å²) in [6.45, 7) is 7.88. The van der Waals surface area contributed by atoms with Gasteiger partial charge in [-0.2, -0.15) is 0 Å². The lowest BCUT2D eigenvalue weighted by Gasteiger charge is -2.14. The first kappa shape index (κ1) is 18.0. The Labute approximate surface area is 134 Å². The van der Waals surface area contributed by atoms with E-state index in [1.54, 1.807) is 6.08 Å². The van der Waals surface area contributed by atoms with Gasteiger partial charge in [0, 0.05) is 18.8 Å². The average molecular weight is 300 g/mol. The van der Waals surface area contributed by atoms with Gasteiger partial charge in [-0.05, 0) is 31.6 Å². The van der Waals surface area contributed by atoms with Crippen molar-refractivity contribution in [2.24, 2.45) is 0 Å². The molecule has 0 saturated heterocycles. The molecule has 3 nitrogen and oxygen atoms in total. The maximum Gasteiger partial charge on any atom is 0.224 e. The van der Waals surface area contributed by atoms with E-state index >= 15 is 0 Å². The molecule has 3 heteroatoms. The highest BCUT2D eigenvalue weighted by Crippen LogP contribution is 2.15. The Morgan fingerprint density at radius 3 is 2.45 bits per heavy atom. The van der Waals surface area contributed by atoms with E-state index in [1.165, 1.54) is 19.3 Å². The van der Waals surface area contributed by atoms with Crippen LogP contribution in [0.15, 0.2) is 55.0 Å². The van der Waals surface area contributed by atoms with Crippen LogP contribution in [0.2, 0.25) is 0 Å². The molecule has 1 amide bonds. The Kier molecular flexibility index (Phi) is 8.73. The quantitative estimate of drug-likeness (QED) is 0.484. The molecular formula is C19H28N2O. The molecule has 0 aliphatic heterocycles. The second kappa shape index (κ2) is 10.7. The minimum Gasteiger partial charge on any atom is -0.325 e. The highest BCUT2D eigenvalue weighted by atomic mass is 16.1. The van der Waals surface area contributed by atoms with Gasteiger partial charge in [0.2, 0.25) is 5.91 Å². The van der Waals surface area contributed by atoms with Gasteiger partial charge in [0.05, 0.1) is 11.4 Å². The maximum atomic E-state index is 12.1. The van der Waals surface area contributed by atoms with Gasteiger partial charge in [0.1, 0.15) is 0 Å². The van der Waals surface area contributed by atoms with Crippen molar-refractivity contribution in [1.82, 2.24) is 9.88 Å². The molecule has 1 aromatic heterocycles. The van der Waals surface area contributed by atoms with Gasteiger partial charge in [-0.15, -0.1) is 0 Å². The number of unbranched alkanes of at least 4 members (excludes halogenated alkanes) is 4. The number of nitrogens with zero attached hydrogens (tertiary/aromatic N) is 1. The standard InChI is InChI=1S/C19H28N2O/c1-4-7-8-9-10-14-19(22)20-17(6-3)18(13-5-2)21-15-11-12-16-21/h5-6,11-13,15-16H,2,4,7-10,14H2,1,3H3,(H,20,22)/b17-6+,18-13+. The van der Waals surface area contributed by atoms with Crippen LogP contribution in [0.5, 0.6) is 0 Å². The third-order valence-corrected chi connectivity index (χ3v) is 3.50. The number of nitrogens with one attached hydrogen (secondary N) is 1. The van der Waals surface area contributed by atoms with E-state index < -0.39 is 0 Å². The third kappa shape index (κ3) is 6.17. The lowest BCUT2D eigenvalue weighted by atomic mass is 10.1. The SMILES string of the molecule is C=C/C=C(\C(=C/C)NC(=O)CCCCCCC)n1cccc1. The van der Waals surface area contributed by atoms with E-state index in [9.17, 15) is 4.79 Å². The predicted molar refractivity (Wildman–Crippen MR) is 94.2 cm³/mol. The van der Waals surface area contributed by atoms with Gasteiger partial charge in [-0.3, -0.25) is 4.79 Å². The fraction of sp³-hybridized carbons (Fsp3) is 0.421. The fourth-order valence-electron chi connectivity index (χ4n) is 2.31. The Morgan fingerprint density at radius 2 is 1.86 bits per heavy atom. The van der Waals surface area contributed by atoms with Gasteiger partial charge in [0.25, 0.3) is 0 Å². The van der Waals surface area contributed by atoms with Crippen LogP contribution in [-0.4, -0.2) is 10.5 Å². The molecule has 0 aliphatic rings. The van der Waals surface area contributed by atoms with E-state index in [4.69, 9.17) is 0 Å². The molecule has 120 valence electrons. The molecule has 1 N–H and O–H groups in total. The first-order valence-corrected chi connectivity index (χ1v) is 8.15. The number of hydrogen-bond acceptors (Lipinski definition) is 1. The number of allylic oxidation sites excluding steroid dienone is 4. The summed E-state index contributed by atoms with van der Waals surface area (Å²) in [6.07, 6.45) is 15.8. The van der Waals surface area contributed by atoms with Crippen molar-refractivity contribution in [1.29, 1.82) is 0 Å². The first-order chi connectivity index (χ1) is 10.7. The first-order valence-electron chi connectivity index (χ1n) is 8.15. The monoisotopic (exact) mass is 300 g/mol. The fourth-order valence-corrected chi connectivity index (χ4v) is 2.31. The van der Waals surface area contributed by atoms with E-state index in [1.807, 2.05) is 48.2 Å². The minimum atomic E-state index is 0.0757. The summed E-state index contributed by atoms with van der Waals surface area (Å²) in [4.78, 5) is 12.1. The van der Waals surface area contributed by atoms with Crippen molar-refractivity contribution in [3.8, 4) is 0 Å². The summed E-state index contributed by atoms with van der Waals surface area (Å²) in [6, 6.07) is 3.92. The summed E-state index contributed by atoms with van der Waals surface area (Å²) in [5.74, 6) is 0.0757. The number of aromatic nitrogens is 1. The van der Waals surface area contributed by atoms with Crippen molar-refractivity contribution in [3.05, 3.63) is 55.0 Å². The van der Waals surface area contributed by atoms with Gasteiger partial charge in [-0.1, -0.05) is 51.3 Å². The molecule has 1 heterocycles. The average Bonchev–Trinajstić information content (AvgIpc) is 3.04. The number of carbonyl (C=O) groups is 1. The molecule has 1 aromatic rings. The van der Waals surface area contributed by atoms with Gasteiger partial charge in [0.15, 0.2) is 0 Å². The molecule has 0 unspecified atom stereocenters. The Balaban J connectivity index is 2.58. The number of amides is 1. The van der Waals surface area contributed by atoms with Crippen LogP contribution in [0, 0.1) is 0 Å². The predicted octanol–water partition coefficient (Wildman–Crippen LogP) is 4.90. The molecule has 0 fully saturated rings. The molecule has 0 saturated carbocycles. The van der Waals surface area contributed by atoms with E-state index in [0.29, 0.717) is 6.42 Å². The molecular weight excluding hydrogens is 272 g/mol. The molecule has 0 aliphatic carbocycles. The summed E-state index contributed by atoms with van der Waals surface area (Å²) in [7, 11) is 0. The normalized spacial score (nSPS) is 12.3. The Bertz CT molecular complexity index is 510. The second-order valence-corrected chi connectivity index (χ2v) is 5.29. The summed E-state index contributed by atoms with van der Waals surface area (Å²) in [5.41, 5.74) is 1.73. The van der Waals surface area contributed by atoms with E-state index in [0.717, 1.165) is 24.2 Å². The van der Waals surface area contributed by atoms with Crippen molar-refractivity contribution in [2.75, 3.05) is 0 Å². The van der Waals surface area contributed by atoms with Crippen LogP contribution >= 0.6 is 0 Å². The molecule has 0 bridgehead atoms. The van der Waals surface area contributed by atoms with Crippen molar-refractivity contribution in [2.45, 2.75) is 52.4 Å². The van der Waals surface area contributed by atoms with Gasteiger partial charge in [-0.25, -0.2) is 0 Å². The number of carbonyl (C=O) groups excluding carboxylic acids is 1. The largest absolute Gasteiger partial charge is 0.325 e. The van der Waals surface area contributed by atoms with E-state index in [2.05, 4.69) is 18.8 Å². The lowest BCUT2D eigenvalue weighted by molar-refractivity contribution is -0.120. The summed E-state index contributed by atoms with van der Waals surface area (Å²) in [5, 5.41) is 3.02. The van der Waals surface area contributed by atoms with Crippen molar-refractivity contribution in [3.63, 3.8) is 0 Å². The van der Waals surface area contributed by atoms with Crippen LogP contribution in [0.4, 0.5) is 0 Å². The second-order valence-electron chi connectivity index (χ2n) is 5.29. The Hall–Kier alpha value is -2.03. The molecule has 0 atom stereocenters. The highest BCUT2D eigenvalue weighted by Gasteiger charge is 2.09. The third-order valence-electron chi connectivity index (χ3n) is 3.50. The van der Waals surface area contributed by atoms with Crippen molar-refractivity contribution < 1.29 is 4.79 Å². The highest BCUT2D eigenvalue weighted by molar-refractivity contribution is 5.82. The molecule has 1 rings (SSSR count). The van der Waals surface area contributed by atoms with Crippen LogP contribution in [0.25, 0.3) is 5.70 Å². The molecule has 0 radical (unpaired) electrons. The molecule has 0 aromatic carbocycles. The van der Waals surface area contributed by atoms with Gasteiger partial charge < -0.3 is 9.88 Å². The van der Waals surface area contributed by atoms with Crippen molar-refractivity contribution >= 4 is 11.6 Å². The van der Waals surface area contributed by atoms with Crippen LogP contribution in [0.1, 0.15) is 52.4 Å². The zero-order valence-corrected chi connectivity index (χ0v) is 13.8. The summed E-state index contributed by atoms with van der Waals surface area (Å²) >= 11 is 0. The number of hydrogen-bond donors (Lipinski definition) is 1. The zero-order chi connectivity index (χ0) is 16.2. The van der Waals surface area contributed by atoms with E-state index in [-0.39, 0.29) is 5.91 Å². The smallest absolute Gasteiger partial charge is 0.224 e. The molecule has 0 spiro atoms. The topological polar surface area (TPSA) is 34.0 Å².